The smallest absolute Gasteiger partial charge is 0.280 e. The molecule has 1 saturated carbocycles. The third-order valence-electron chi connectivity index (χ3n) is 7.62. The Balaban J connectivity index is 0.00000267. The molecule has 3 aromatic rings. The highest BCUT2D eigenvalue weighted by molar-refractivity contribution is 7.13. The van der Waals surface area contributed by atoms with Crippen LogP contribution in [0.1, 0.15) is 69.4 Å². The number of fused-ring (bicyclic) bond motifs is 3. The normalized spacial score (nSPS) is 24.6. The summed E-state index contributed by atoms with van der Waals surface area (Å²) in [4.78, 5) is 36.0. The first-order valence-electron chi connectivity index (χ1n) is 12.3. The molecular weight excluding hydrogens is 519 g/mol. The molecule has 2 unspecified atom stereocenters. The van der Waals surface area contributed by atoms with E-state index in [-0.39, 0.29) is 24.1 Å². The molecule has 2 atom stereocenters. The number of hydrogen-bond acceptors (Lipinski definition) is 7. The van der Waals surface area contributed by atoms with Crippen LogP contribution in [-0.2, 0) is 13.1 Å². The van der Waals surface area contributed by atoms with Crippen LogP contribution in [0.5, 0.6) is 0 Å². The monoisotopic (exact) mass is 548 g/mol. The Morgan fingerprint density at radius 1 is 1.14 bits per heavy atom. The number of nitrogens with one attached hydrogen (secondary N) is 2. The van der Waals surface area contributed by atoms with Crippen LogP contribution in [0.3, 0.4) is 0 Å². The van der Waals surface area contributed by atoms with Crippen molar-refractivity contribution in [3.63, 3.8) is 0 Å². The minimum atomic E-state index is -1.18. The molecule has 1 aromatic carbocycles. The third kappa shape index (κ3) is 4.57. The highest BCUT2D eigenvalue weighted by Crippen LogP contribution is 2.33. The van der Waals surface area contributed by atoms with E-state index in [2.05, 4.69) is 25.3 Å². The van der Waals surface area contributed by atoms with Crippen LogP contribution in [-0.4, -0.2) is 56.3 Å². The van der Waals surface area contributed by atoms with Gasteiger partial charge in [-0.3, -0.25) is 9.59 Å². The van der Waals surface area contributed by atoms with Gasteiger partial charge in [-0.15, -0.1) is 23.7 Å². The van der Waals surface area contributed by atoms with Crippen molar-refractivity contribution in [1.29, 1.82) is 0 Å². The number of thiazole rings is 1. The summed E-state index contributed by atoms with van der Waals surface area (Å²) in [5.41, 5.74) is 7.89. The SMILES string of the molecule is Cl.NC1(C(=O)c2cc3cc(Cl)ccc3[nH]2)CCCCC1NC(=O)c1nc2c(s1)CN1CCCCN1C2. The van der Waals surface area contributed by atoms with Crippen molar-refractivity contribution >= 4 is 57.9 Å². The lowest BCUT2D eigenvalue weighted by Gasteiger charge is -2.41. The second-order valence-corrected chi connectivity index (χ2v) is 11.4. The number of aromatic amines is 1. The molecule has 4 N–H and O–H groups in total. The number of H-pyrrole nitrogens is 1. The lowest BCUT2D eigenvalue weighted by molar-refractivity contribution is -0.0751. The molecule has 0 bridgehead atoms. The van der Waals surface area contributed by atoms with Gasteiger partial charge in [0.25, 0.3) is 5.91 Å². The van der Waals surface area contributed by atoms with E-state index in [1.165, 1.54) is 24.2 Å². The Labute approximate surface area is 224 Å². The summed E-state index contributed by atoms with van der Waals surface area (Å²) >= 11 is 7.58. The number of hydrazine groups is 1. The van der Waals surface area contributed by atoms with Crippen LogP contribution in [0.25, 0.3) is 10.9 Å². The van der Waals surface area contributed by atoms with Gasteiger partial charge in [-0.2, -0.15) is 0 Å². The summed E-state index contributed by atoms with van der Waals surface area (Å²) < 4.78 is 0. The number of ketones is 1. The molecule has 3 aliphatic rings. The Morgan fingerprint density at radius 3 is 2.72 bits per heavy atom. The molecule has 2 aliphatic heterocycles. The molecule has 8 nitrogen and oxygen atoms in total. The molecule has 36 heavy (non-hydrogen) atoms. The largest absolute Gasteiger partial charge is 0.352 e. The Bertz CT molecular complexity index is 1280. The van der Waals surface area contributed by atoms with Gasteiger partial charge in [0.1, 0.15) is 5.54 Å². The zero-order valence-corrected chi connectivity index (χ0v) is 22.3. The van der Waals surface area contributed by atoms with Crippen molar-refractivity contribution in [2.75, 3.05) is 13.1 Å². The maximum Gasteiger partial charge on any atom is 0.280 e. The average molecular weight is 550 g/mol. The fraction of sp³-hybridized carbons (Fsp3) is 0.480. The lowest BCUT2D eigenvalue weighted by atomic mass is 9.74. The fourth-order valence-electron chi connectivity index (χ4n) is 5.66. The van der Waals surface area contributed by atoms with Crippen molar-refractivity contribution in [2.45, 2.75) is 63.2 Å². The van der Waals surface area contributed by atoms with Crippen molar-refractivity contribution in [3.05, 3.63) is 50.6 Å². The predicted molar refractivity (Wildman–Crippen MR) is 144 cm³/mol. The van der Waals surface area contributed by atoms with Gasteiger partial charge in [-0.1, -0.05) is 24.4 Å². The van der Waals surface area contributed by atoms with Crippen LogP contribution >= 0.6 is 35.3 Å². The van der Waals surface area contributed by atoms with Crippen molar-refractivity contribution in [3.8, 4) is 0 Å². The minimum Gasteiger partial charge on any atom is -0.352 e. The average Bonchev–Trinajstić information content (AvgIpc) is 3.47. The summed E-state index contributed by atoms with van der Waals surface area (Å²) in [6.07, 6.45) is 5.34. The van der Waals surface area contributed by atoms with E-state index in [0.717, 1.165) is 60.5 Å². The van der Waals surface area contributed by atoms with Gasteiger partial charge in [-0.25, -0.2) is 15.0 Å². The first kappa shape index (κ1) is 25.6. The molecule has 1 aliphatic carbocycles. The first-order chi connectivity index (χ1) is 16.9. The summed E-state index contributed by atoms with van der Waals surface area (Å²) in [6, 6.07) is 6.80. The Morgan fingerprint density at radius 2 is 1.92 bits per heavy atom. The zero-order chi connectivity index (χ0) is 24.2. The van der Waals surface area contributed by atoms with E-state index in [9.17, 15) is 9.59 Å². The number of nitrogens with two attached hydrogens (primary N) is 1. The number of aromatic nitrogens is 2. The van der Waals surface area contributed by atoms with E-state index in [0.29, 0.717) is 28.6 Å². The van der Waals surface area contributed by atoms with Crippen LogP contribution in [0.15, 0.2) is 24.3 Å². The van der Waals surface area contributed by atoms with Crippen molar-refractivity contribution < 1.29 is 9.59 Å². The summed E-state index contributed by atoms with van der Waals surface area (Å²) in [5, 5.41) is 9.72. The minimum absolute atomic E-state index is 0. The van der Waals surface area contributed by atoms with Gasteiger partial charge in [0.05, 0.1) is 24.0 Å². The number of rotatable bonds is 4. The van der Waals surface area contributed by atoms with E-state index in [4.69, 9.17) is 17.3 Å². The molecular formula is C25H30Cl2N6O2S. The highest BCUT2D eigenvalue weighted by Gasteiger charge is 2.45. The van der Waals surface area contributed by atoms with Crippen LogP contribution < -0.4 is 11.1 Å². The van der Waals surface area contributed by atoms with Gasteiger partial charge >= 0.3 is 0 Å². The summed E-state index contributed by atoms with van der Waals surface area (Å²) in [5.74, 6) is -0.423. The molecule has 192 valence electrons. The lowest BCUT2D eigenvalue weighted by Crippen LogP contribution is -2.64. The number of carbonyl (C=O) groups is 2. The van der Waals surface area contributed by atoms with Crippen LogP contribution in [0.2, 0.25) is 5.02 Å². The summed E-state index contributed by atoms with van der Waals surface area (Å²) in [6.45, 7) is 3.66. The molecule has 6 rings (SSSR count). The quantitative estimate of drug-likeness (QED) is 0.420. The first-order valence-corrected chi connectivity index (χ1v) is 13.5. The molecule has 11 heteroatoms. The van der Waals surface area contributed by atoms with Crippen LogP contribution in [0, 0.1) is 0 Å². The van der Waals surface area contributed by atoms with Gasteiger partial charge < -0.3 is 16.0 Å². The Kier molecular flexibility index (Phi) is 7.15. The molecule has 0 spiro atoms. The molecule has 2 fully saturated rings. The van der Waals surface area contributed by atoms with E-state index < -0.39 is 11.6 Å². The highest BCUT2D eigenvalue weighted by atomic mass is 35.5. The Hall–Kier alpha value is -2.01. The zero-order valence-electron chi connectivity index (χ0n) is 19.9. The van der Waals surface area contributed by atoms with E-state index in [1.54, 1.807) is 12.1 Å². The second-order valence-electron chi connectivity index (χ2n) is 9.93. The van der Waals surface area contributed by atoms with Gasteiger partial charge in [0.15, 0.2) is 5.01 Å². The van der Waals surface area contributed by atoms with E-state index in [1.807, 2.05) is 12.1 Å². The topological polar surface area (TPSA) is 107 Å². The molecule has 0 radical (unpaired) electrons. The fourth-order valence-corrected chi connectivity index (χ4v) is 6.83. The third-order valence-corrected chi connectivity index (χ3v) is 8.94. The second kappa shape index (κ2) is 10.0. The van der Waals surface area contributed by atoms with Gasteiger partial charge in [-0.05, 0) is 49.9 Å². The molecule has 2 aromatic heterocycles. The summed E-state index contributed by atoms with van der Waals surface area (Å²) in [7, 11) is 0. The number of carbonyl (C=O) groups excluding carboxylic acids is 2. The number of amides is 1. The number of nitrogens with zero attached hydrogens (tertiary/aromatic N) is 3. The molecule has 1 saturated heterocycles. The number of halogens is 2. The standard InChI is InChI=1S/C25H29ClN6O2S.ClH/c26-16-6-7-17-15(11-16)12-18(28-17)22(33)25(27)8-2-1-5-21(25)30-23(34)24-29-19-13-31-9-3-4-10-32(31)14-20(19)35-24;/h6-7,11-12,21,28H,1-5,8-10,13-14,27H2,(H,30,34);1H. The van der Waals surface area contributed by atoms with E-state index >= 15 is 0 Å². The molecule has 4 heterocycles. The predicted octanol–water partition coefficient (Wildman–Crippen LogP) is 4.28. The van der Waals surface area contributed by atoms with Gasteiger partial charge in [0.2, 0.25) is 5.78 Å². The number of Topliss-reactive ketones (excluding diaryl/α,β-unsaturated/α-hetero) is 1. The molecule has 1 amide bonds. The van der Waals surface area contributed by atoms with Crippen LogP contribution in [0.4, 0.5) is 0 Å². The maximum absolute atomic E-state index is 13.6. The number of hydrogen-bond donors (Lipinski definition) is 3. The van der Waals surface area contributed by atoms with Crippen molar-refractivity contribution in [2.24, 2.45) is 5.73 Å². The van der Waals surface area contributed by atoms with Gasteiger partial charge in [0, 0.05) is 40.4 Å². The maximum atomic E-state index is 13.6. The van der Waals surface area contributed by atoms with Crippen molar-refractivity contribution in [1.82, 2.24) is 25.3 Å². The number of benzene rings is 1.